The van der Waals surface area contributed by atoms with Crippen LogP contribution in [0.4, 0.5) is 0 Å². The number of halogens is 1. The van der Waals surface area contributed by atoms with Crippen LogP contribution in [0.3, 0.4) is 0 Å². The van der Waals surface area contributed by atoms with E-state index in [1.54, 1.807) is 0 Å². The lowest BCUT2D eigenvalue weighted by atomic mass is 10.2. The lowest BCUT2D eigenvalue weighted by Crippen LogP contribution is -2.07. The number of hydrogen-bond acceptors (Lipinski definition) is 1. The van der Waals surface area contributed by atoms with Crippen molar-refractivity contribution in [1.29, 1.82) is 0 Å². The van der Waals surface area contributed by atoms with Crippen LogP contribution in [0.2, 0.25) is 0 Å². The standard InChI is InChI=1S/C12H15BrO/c1-2-11(8-13)9-14-10-12-6-4-3-5-7-12/h2-7,11H,1,8-10H2. The highest BCUT2D eigenvalue weighted by molar-refractivity contribution is 9.09. The van der Waals surface area contributed by atoms with Crippen LogP contribution < -0.4 is 0 Å². The minimum atomic E-state index is 0.402. The highest BCUT2D eigenvalue weighted by Gasteiger charge is 2.01. The zero-order valence-electron chi connectivity index (χ0n) is 8.16. The summed E-state index contributed by atoms with van der Waals surface area (Å²) >= 11 is 3.41. The molecule has 0 amide bonds. The van der Waals surface area contributed by atoms with Crippen molar-refractivity contribution in [3.63, 3.8) is 0 Å². The van der Waals surface area contributed by atoms with Gasteiger partial charge in [-0.25, -0.2) is 0 Å². The van der Waals surface area contributed by atoms with Gasteiger partial charge < -0.3 is 4.74 Å². The van der Waals surface area contributed by atoms with Crippen molar-refractivity contribution in [1.82, 2.24) is 0 Å². The molecule has 0 bridgehead atoms. The first-order valence-electron chi connectivity index (χ1n) is 4.67. The van der Waals surface area contributed by atoms with Crippen molar-refractivity contribution in [2.75, 3.05) is 11.9 Å². The number of benzene rings is 1. The van der Waals surface area contributed by atoms with Crippen LogP contribution in [0, 0.1) is 5.92 Å². The Balaban J connectivity index is 2.25. The third-order valence-corrected chi connectivity index (χ3v) is 2.81. The van der Waals surface area contributed by atoms with Gasteiger partial charge in [0.25, 0.3) is 0 Å². The molecule has 0 N–H and O–H groups in total. The summed E-state index contributed by atoms with van der Waals surface area (Å²) in [6.07, 6.45) is 1.92. The van der Waals surface area contributed by atoms with Crippen LogP contribution >= 0.6 is 15.9 Å². The lowest BCUT2D eigenvalue weighted by molar-refractivity contribution is 0.105. The molecule has 1 rings (SSSR count). The first-order valence-corrected chi connectivity index (χ1v) is 5.79. The van der Waals surface area contributed by atoms with Crippen molar-refractivity contribution in [3.05, 3.63) is 48.6 Å². The molecule has 0 aliphatic carbocycles. The first kappa shape index (κ1) is 11.5. The van der Waals surface area contributed by atoms with Crippen molar-refractivity contribution >= 4 is 15.9 Å². The second-order valence-corrected chi connectivity index (χ2v) is 3.80. The van der Waals surface area contributed by atoms with Crippen LogP contribution in [0.5, 0.6) is 0 Å². The summed E-state index contributed by atoms with van der Waals surface area (Å²) in [6, 6.07) is 10.2. The molecule has 0 radical (unpaired) electrons. The maximum Gasteiger partial charge on any atom is 0.0717 e. The van der Waals surface area contributed by atoms with E-state index in [4.69, 9.17) is 4.74 Å². The van der Waals surface area contributed by atoms with Gasteiger partial charge >= 0.3 is 0 Å². The second kappa shape index (κ2) is 6.80. The van der Waals surface area contributed by atoms with E-state index in [1.165, 1.54) is 5.56 Å². The summed E-state index contributed by atoms with van der Waals surface area (Å²) in [4.78, 5) is 0. The summed E-state index contributed by atoms with van der Waals surface area (Å²) < 4.78 is 5.56. The lowest BCUT2D eigenvalue weighted by Gasteiger charge is -2.09. The van der Waals surface area contributed by atoms with Gasteiger partial charge in [-0.15, -0.1) is 6.58 Å². The fourth-order valence-electron chi connectivity index (χ4n) is 1.08. The monoisotopic (exact) mass is 254 g/mol. The van der Waals surface area contributed by atoms with Gasteiger partial charge in [-0.3, -0.25) is 0 Å². The molecule has 1 nitrogen and oxygen atoms in total. The summed E-state index contributed by atoms with van der Waals surface area (Å²) in [5.74, 6) is 0.402. The van der Waals surface area contributed by atoms with Crippen LogP contribution in [0.15, 0.2) is 43.0 Å². The highest BCUT2D eigenvalue weighted by atomic mass is 79.9. The smallest absolute Gasteiger partial charge is 0.0717 e. The van der Waals surface area contributed by atoms with E-state index >= 15 is 0 Å². The average molecular weight is 255 g/mol. The summed E-state index contributed by atoms with van der Waals surface area (Å²) in [5, 5.41) is 0.908. The van der Waals surface area contributed by atoms with E-state index in [0.29, 0.717) is 12.5 Å². The van der Waals surface area contributed by atoms with Crippen molar-refractivity contribution in [2.45, 2.75) is 6.61 Å². The molecule has 0 fully saturated rings. The third kappa shape index (κ3) is 4.07. The zero-order chi connectivity index (χ0) is 10.2. The summed E-state index contributed by atoms with van der Waals surface area (Å²) in [7, 11) is 0. The number of hydrogen-bond donors (Lipinski definition) is 0. The van der Waals surface area contributed by atoms with E-state index in [2.05, 4.69) is 34.6 Å². The SMILES string of the molecule is C=CC(CBr)COCc1ccccc1. The Morgan fingerprint density at radius 3 is 2.64 bits per heavy atom. The molecule has 1 atom stereocenters. The third-order valence-electron chi connectivity index (χ3n) is 1.98. The maximum absolute atomic E-state index is 5.56. The average Bonchev–Trinajstić information content (AvgIpc) is 2.26. The number of alkyl halides is 1. The van der Waals surface area contributed by atoms with Gasteiger partial charge in [-0.2, -0.15) is 0 Å². The Bertz CT molecular complexity index is 258. The molecule has 0 aliphatic rings. The van der Waals surface area contributed by atoms with Crippen molar-refractivity contribution < 1.29 is 4.74 Å². The van der Waals surface area contributed by atoms with Crippen molar-refractivity contribution in [3.8, 4) is 0 Å². The fraction of sp³-hybridized carbons (Fsp3) is 0.333. The maximum atomic E-state index is 5.56. The number of rotatable bonds is 6. The fourth-order valence-corrected chi connectivity index (χ4v) is 1.53. The van der Waals surface area contributed by atoms with Gasteiger partial charge in [-0.05, 0) is 5.56 Å². The van der Waals surface area contributed by atoms with E-state index in [9.17, 15) is 0 Å². The molecular weight excluding hydrogens is 240 g/mol. The van der Waals surface area contributed by atoms with E-state index in [1.807, 2.05) is 24.3 Å². The topological polar surface area (TPSA) is 9.23 Å². The Kier molecular flexibility index (Phi) is 5.57. The van der Waals surface area contributed by atoms with E-state index in [-0.39, 0.29) is 0 Å². The molecule has 0 saturated heterocycles. The minimum absolute atomic E-state index is 0.402. The normalized spacial score (nSPS) is 12.4. The predicted molar refractivity (Wildman–Crippen MR) is 63.6 cm³/mol. The predicted octanol–water partition coefficient (Wildman–Crippen LogP) is 3.40. The largest absolute Gasteiger partial charge is 0.376 e. The van der Waals surface area contributed by atoms with Gasteiger partial charge in [0.1, 0.15) is 0 Å². The Labute approximate surface area is 93.9 Å². The highest BCUT2D eigenvalue weighted by Crippen LogP contribution is 2.06. The molecule has 0 aliphatic heterocycles. The Hall–Kier alpha value is -0.600. The van der Waals surface area contributed by atoms with Gasteiger partial charge in [0, 0.05) is 11.2 Å². The molecule has 76 valence electrons. The van der Waals surface area contributed by atoms with Crippen LogP contribution in [-0.2, 0) is 11.3 Å². The molecule has 0 spiro atoms. The molecule has 1 aromatic rings. The molecular formula is C12H15BrO. The summed E-state index contributed by atoms with van der Waals surface area (Å²) in [6.45, 7) is 5.15. The Morgan fingerprint density at radius 1 is 1.36 bits per heavy atom. The molecule has 0 aromatic heterocycles. The summed E-state index contributed by atoms with van der Waals surface area (Å²) in [5.41, 5.74) is 1.21. The van der Waals surface area contributed by atoms with Crippen LogP contribution in [-0.4, -0.2) is 11.9 Å². The van der Waals surface area contributed by atoms with Crippen molar-refractivity contribution in [2.24, 2.45) is 5.92 Å². The van der Waals surface area contributed by atoms with E-state index < -0.39 is 0 Å². The molecule has 1 aromatic carbocycles. The van der Waals surface area contributed by atoms with Gasteiger partial charge in [0.2, 0.25) is 0 Å². The molecule has 0 saturated carbocycles. The molecule has 1 unspecified atom stereocenters. The van der Waals surface area contributed by atoms with Crippen LogP contribution in [0.1, 0.15) is 5.56 Å². The van der Waals surface area contributed by atoms with Gasteiger partial charge in [0.15, 0.2) is 0 Å². The first-order chi connectivity index (χ1) is 6.86. The zero-order valence-corrected chi connectivity index (χ0v) is 9.74. The quantitative estimate of drug-likeness (QED) is 0.559. The molecule has 14 heavy (non-hydrogen) atoms. The molecule has 0 heterocycles. The number of ether oxygens (including phenoxy) is 1. The second-order valence-electron chi connectivity index (χ2n) is 3.15. The van der Waals surface area contributed by atoms with Gasteiger partial charge in [-0.1, -0.05) is 52.3 Å². The van der Waals surface area contributed by atoms with Crippen LogP contribution in [0.25, 0.3) is 0 Å². The Morgan fingerprint density at radius 2 is 2.07 bits per heavy atom. The minimum Gasteiger partial charge on any atom is -0.376 e. The molecule has 2 heteroatoms. The van der Waals surface area contributed by atoms with E-state index in [0.717, 1.165) is 11.9 Å². The van der Waals surface area contributed by atoms with Gasteiger partial charge in [0.05, 0.1) is 13.2 Å².